The topological polar surface area (TPSA) is 52.0 Å². The van der Waals surface area contributed by atoms with Crippen molar-refractivity contribution >= 4 is 0 Å². The van der Waals surface area contributed by atoms with Gasteiger partial charge in [0.25, 0.3) is 0 Å². The zero-order chi connectivity index (χ0) is 9.68. The van der Waals surface area contributed by atoms with Gasteiger partial charge >= 0.3 is 0 Å². The summed E-state index contributed by atoms with van der Waals surface area (Å²) in [6.07, 6.45) is 2.32. The Hall–Kier alpha value is -0.860. The maximum atomic E-state index is 5.79. The molecule has 0 aliphatic carbocycles. The van der Waals surface area contributed by atoms with Crippen molar-refractivity contribution < 1.29 is 0 Å². The molecule has 4 N–H and O–H groups in total. The lowest BCUT2D eigenvalue weighted by atomic mass is 10.0. The van der Waals surface area contributed by atoms with Gasteiger partial charge in [-0.15, -0.1) is 0 Å². The van der Waals surface area contributed by atoms with Crippen LogP contribution in [0.3, 0.4) is 0 Å². The highest BCUT2D eigenvalue weighted by atomic mass is 14.7. The Kier molecular flexibility index (Phi) is 3.93. The molecule has 0 heterocycles. The minimum Gasteiger partial charge on any atom is -0.329 e. The largest absolute Gasteiger partial charge is 0.329 e. The van der Waals surface area contributed by atoms with Gasteiger partial charge in [0.2, 0.25) is 0 Å². The Morgan fingerprint density at radius 3 is 2.31 bits per heavy atom. The van der Waals surface area contributed by atoms with Gasteiger partial charge in [-0.1, -0.05) is 37.6 Å². The molecule has 0 aromatic heterocycles. The molecule has 1 aromatic rings. The summed E-state index contributed by atoms with van der Waals surface area (Å²) in [7, 11) is 0. The fraction of sp³-hybridized carbons (Fsp3) is 0.455. The molecule has 0 saturated heterocycles. The van der Waals surface area contributed by atoms with Gasteiger partial charge < -0.3 is 11.5 Å². The number of aryl methyl sites for hydroxylation is 1. The van der Waals surface area contributed by atoms with Crippen molar-refractivity contribution in [3.8, 4) is 0 Å². The number of nitrogens with two attached hydrogens (primary N) is 2. The molecule has 0 amide bonds. The molecule has 2 heteroatoms. The molecule has 0 spiro atoms. The molecule has 72 valence electrons. The molecule has 1 atom stereocenters. The van der Waals surface area contributed by atoms with Gasteiger partial charge in [0.1, 0.15) is 0 Å². The van der Waals surface area contributed by atoms with Crippen LogP contribution in [0, 0.1) is 0 Å². The van der Waals surface area contributed by atoms with Crippen LogP contribution in [0.2, 0.25) is 0 Å². The van der Waals surface area contributed by atoms with Crippen molar-refractivity contribution in [1.29, 1.82) is 0 Å². The van der Waals surface area contributed by atoms with Crippen LogP contribution in [0.25, 0.3) is 0 Å². The number of hydrogen-bond acceptors (Lipinski definition) is 2. The third-order valence-electron chi connectivity index (χ3n) is 2.20. The zero-order valence-corrected chi connectivity index (χ0v) is 8.16. The molecule has 0 fully saturated rings. The Morgan fingerprint density at radius 1 is 1.23 bits per heavy atom. The van der Waals surface area contributed by atoms with Gasteiger partial charge in [0.15, 0.2) is 0 Å². The summed E-state index contributed by atoms with van der Waals surface area (Å²) in [6, 6.07) is 8.39. The first kappa shape index (κ1) is 10.2. The summed E-state index contributed by atoms with van der Waals surface area (Å²) < 4.78 is 0. The monoisotopic (exact) mass is 178 g/mol. The maximum absolute atomic E-state index is 5.79. The summed E-state index contributed by atoms with van der Waals surface area (Å²) in [5, 5.41) is 0. The molecule has 1 aromatic carbocycles. The predicted molar refractivity (Wildman–Crippen MR) is 56.4 cm³/mol. The van der Waals surface area contributed by atoms with Crippen LogP contribution >= 0.6 is 0 Å². The number of hydrogen-bond donors (Lipinski definition) is 2. The van der Waals surface area contributed by atoms with Gasteiger partial charge in [-0.25, -0.2) is 0 Å². The predicted octanol–water partition coefficient (Wildman–Crippen LogP) is 1.60. The molecule has 0 aliphatic rings. The number of benzene rings is 1. The van der Waals surface area contributed by atoms with E-state index < -0.39 is 0 Å². The van der Waals surface area contributed by atoms with Crippen molar-refractivity contribution in [3.63, 3.8) is 0 Å². The average molecular weight is 178 g/mol. The molecule has 2 nitrogen and oxygen atoms in total. The second-order valence-corrected chi connectivity index (χ2v) is 3.33. The molecule has 0 bridgehead atoms. The van der Waals surface area contributed by atoms with Crippen molar-refractivity contribution in [2.45, 2.75) is 25.8 Å². The third-order valence-corrected chi connectivity index (χ3v) is 2.20. The van der Waals surface area contributed by atoms with E-state index in [4.69, 9.17) is 11.5 Å². The van der Waals surface area contributed by atoms with Gasteiger partial charge in [0, 0.05) is 12.6 Å². The van der Waals surface area contributed by atoms with E-state index in [2.05, 4.69) is 31.2 Å². The Bertz CT molecular complexity index is 241. The molecular formula is C11H18N2. The van der Waals surface area contributed by atoms with Gasteiger partial charge in [-0.3, -0.25) is 0 Å². The molecule has 0 aliphatic heterocycles. The van der Waals surface area contributed by atoms with Crippen molar-refractivity contribution in [2.24, 2.45) is 11.5 Å². The fourth-order valence-electron chi connectivity index (χ4n) is 1.36. The summed E-state index contributed by atoms with van der Waals surface area (Å²) in [4.78, 5) is 0. The lowest BCUT2D eigenvalue weighted by molar-refractivity contribution is 0.736. The summed E-state index contributed by atoms with van der Waals surface area (Å²) in [5.41, 5.74) is 13.8. The first-order valence-electron chi connectivity index (χ1n) is 4.82. The van der Waals surface area contributed by atoms with Crippen LogP contribution < -0.4 is 11.5 Å². The van der Waals surface area contributed by atoms with Crippen LogP contribution in [0.15, 0.2) is 24.3 Å². The van der Waals surface area contributed by atoms with E-state index in [0.717, 1.165) is 12.0 Å². The smallest absolute Gasteiger partial charge is 0.0419 e. The first-order valence-corrected chi connectivity index (χ1v) is 4.82. The van der Waals surface area contributed by atoms with E-state index in [1.54, 1.807) is 0 Å². The Morgan fingerprint density at radius 2 is 1.85 bits per heavy atom. The molecular weight excluding hydrogens is 160 g/mol. The highest BCUT2D eigenvalue weighted by Crippen LogP contribution is 2.11. The summed E-state index contributed by atoms with van der Waals surface area (Å²) >= 11 is 0. The second kappa shape index (κ2) is 5.00. The van der Waals surface area contributed by atoms with E-state index >= 15 is 0 Å². The van der Waals surface area contributed by atoms with Gasteiger partial charge in [0.05, 0.1) is 0 Å². The van der Waals surface area contributed by atoms with E-state index in [1.807, 2.05) is 0 Å². The Balaban J connectivity index is 2.69. The van der Waals surface area contributed by atoms with Crippen molar-refractivity contribution in [3.05, 3.63) is 35.4 Å². The molecule has 0 saturated carbocycles. The lowest BCUT2D eigenvalue weighted by Crippen LogP contribution is -2.20. The van der Waals surface area contributed by atoms with Crippen molar-refractivity contribution in [1.82, 2.24) is 0 Å². The quantitative estimate of drug-likeness (QED) is 0.735. The highest BCUT2D eigenvalue weighted by Gasteiger charge is 2.01. The normalized spacial score (nSPS) is 12.8. The van der Waals surface area contributed by atoms with E-state index in [0.29, 0.717) is 6.54 Å². The third kappa shape index (κ3) is 2.83. The van der Waals surface area contributed by atoms with Crippen LogP contribution in [-0.2, 0) is 6.42 Å². The van der Waals surface area contributed by atoms with Crippen LogP contribution in [0.4, 0.5) is 0 Å². The fourth-order valence-corrected chi connectivity index (χ4v) is 1.36. The van der Waals surface area contributed by atoms with Gasteiger partial charge in [-0.2, -0.15) is 0 Å². The molecule has 0 radical (unpaired) electrons. The Labute approximate surface area is 79.9 Å². The number of rotatable bonds is 4. The molecule has 0 unspecified atom stereocenters. The first-order chi connectivity index (χ1) is 6.27. The average Bonchev–Trinajstić information content (AvgIpc) is 2.18. The van der Waals surface area contributed by atoms with E-state index in [9.17, 15) is 0 Å². The highest BCUT2D eigenvalue weighted by molar-refractivity contribution is 5.25. The van der Waals surface area contributed by atoms with Gasteiger partial charge in [-0.05, 0) is 17.5 Å². The van der Waals surface area contributed by atoms with Crippen LogP contribution in [-0.4, -0.2) is 6.54 Å². The second-order valence-electron chi connectivity index (χ2n) is 3.33. The van der Waals surface area contributed by atoms with E-state index in [-0.39, 0.29) is 6.04 Å². The van der Waals surface area contributed by atoms with Crippen LogP contribution in [0.5, 0.6) is 0 Å². The zero-order valence-electron chi connectivity index (χ0n) is 8.16. The maximum Gasteiger partial charge on any atom is 0.0419 e. The molecule has 13 heavy (non-hydrogen) atoms. The molecule has 1 rings (SSSR count). The minimum absolute atomic E-state index is 0.0179. The van der Waals surface area contributed by atoms with Crippen molar-refractivity contribution in [2.75, 3.05) is 6.54 Å². The summed E-state index contributed by atoms with van der Waals surface area (Å²) in [6.45, 7) is 2.69. The minimum atomic E-state index is -0.0179. The standard InChI is InChI=1S/C11H18N2/c1-2-3-9-4-6-10(7-5-9)11(13)8-12/h4-7,11H,2-3,8,12-13H2,1H3/t11-/m0/s1. The summed E-state index contributed by atoms with van der Waals surface area (Å²) in [5.74, 6) is 0. The SMILES string of the molecule is CCCc1ccc([C@@H](N)CN)cc1. The lowest BCUT2D eigenvalue weighted by Gasteiger charge is -2.09. The van der Waals surface area contributed by atoms with Crippen LogP contribution in [0.1, 0.15) is 30.5 Å². The van der Waals surface area contributed by atoms with E-state index in [1.165, 1.54) is 12.0 Å².